The van der Waals surface area contributed by atoms with Crippen LogP contribution in [-0.2, 0) is 9.53 Å². The van der Waals surface area contributed by atoms with Gasteiger partial charge in [-0.25, -0.2) is 0 Å². The molecular weight excluding hydrogens is 228 g/mol. The van der Waals surface area contributed by atoms with E-state index in [1.54, 1.807) is 7.11 Å². The van der Waals surface area contributed by atoms with E-state index in [2.05, 4.69) is 39.9 Å². The molecule has 18 heavy (non-hydrogen) atoms. The van der Waals surface area contributed by atoms with Crippen LogP contribution in [0.5, 0.6) is 0 Å². The molecule has 1 N–H and O–H groups in total. The van der Waals surface area contributed by atoms with Gasteiger partial charge in [0.25, 0.3) is 0 Å². The highest BCUT2D eigenvalue weighted by atomic mass is 16.5. The minimum atomic E-state index is -0.0525. The summed E-state index contributed by atoms with van der Waals surface area (Å²) in [6.07, 6.45) is 1.06. The smallest absolute Gasteiger partial charge is 0.241 e. The molecule has 0 aliphatic carbocycles. The molecule has 0 radical (unpaired) electrons. The van der Waals surface area contributed by atoms with Gasteiger partial charge in [-0.15, -0.1) is 0 Å². The Bertz CT molecular complexity index is 279. The summed E-state index contributed by atoms with van der Waals surface area (Å²) in [6.45, 7) is 11.2. The van der Waals surface area contributed by atoms with E-state index in [-0.39, 0.29) is 24.2 Å². The third kappa shape index (κ3) is 3.04. The number of carbonyl (C=O) groups is 1. The first-order valence-electron chi connectivity index (χ1n) is 7.01. The Hall–Kier alpha value is -0.610. The molecule has 1 fully saturated rings. The highest BCUT2D eigenvalue weighted by Gasteiger charge is 2.44. The average molecular weight is 256 g/mol. The van der Waals surface area contributed by atoms with Gasteiger partial charge >= 0.3 is 0 Å². The molecule has 0 aromatic rings. The first-order chi connectivity index (χ1) is 8.43. The summed E-state index contributed by atoms with van der Waals surface area (Å²) < 4.78 is 5.26. The lowest BCUT2D eigenvalue weighted by Gasteiger charge is -2.33. The minimum absolute atomic E-state index is 0.0525. The molecule has 0 saturated carbocycles. The largest absolute Gasteiger partial charge is 0.383 e. The highest BCUT2D eigenvalue weighted by Crippen LogP contribution is 2.25. The maximum Gasteiger partial charge on any atom is 0.241 e. The van der Waals surface area contributed by atoms with E-state index in [1.165, 1.54) is 0 Å². The molecule has 1 heterocycles. The van der Waals surface area contributed by atoms with Crippen molar-refractivity contribution in [1.29, 1.82) is 0 Å². The van der Waals surface area contributed by atoms with E-state index in [4.69, 9.17) is 4.74 Å². The molecule has 1 saturated heterocycles. The molecule has 3 atom stereocenters. The summed E-state index contributed by atoms with van der Waals surface area (Å²) >= 11 is 0. The van der Waals surface area contributed by atoms with Gasteiger partial charge in [0.15, 0.2) is 0 Å². The standard InChI is InChI=1S/C14H28N2O2/c1-7-11(8-18-6)16-13(10(4)5)15-12(9(2)3)14(16)17/h9-13,15H,7-8H2,1-6H3. The Labute approximate surface area is 111 Å². The molecule has 4 heteroatoms. The van der Waals surface area contributed by atoms with Crippen LogP contribution >= 0.6 is 0 Å². The third-order valence-electron chi connectivity index (χ3n) is 3.69. The van der Waals surface area contributed by atoms with Crippen LogP contribution in [0.15, 0.2) is 0 Å². The topological polar surface area (TPSA) is 41.6 Å². The van der Waals surface area contributed by atoms with Gasteiger partial charge in [-0.2, -0.15) is 0 Å². The SMILES string of the molecule is CCC(COC)N1C(=O)C(C(C)C)NC1C(C)C. The van der Waals surface area contributed by atoms with E-state index in [9.17, 15) is 4.79 Å². The van der Waals surface area contributed by atoms with Gasteiger partial charge in [-0.3, -0.25) is 10.1 Å². The Morgan fingerprint density at radius 2 is 1.89 bits per heavy atom. The second-order valence-corrected chi connectivity index (χ2v) is 5.84. The fourth-order valence-corrected chi connectivity index (χ4v) is 2.62. The van der Waals surface area contributed by atoms with Crippen LogP contribution in [-0.4, -0.2) is 42.8 Å². The van der Waals surface area contributed by atoms with E-state index in [0.29, 0.717) is 18.4 Å². The first-order valence-corrected chi connectivity index (χ1v) is 7.01. The molecule has 0 spiro atoms. The van der Waals surface area contributed by atoms with Gasteiger partial charge in [-0.1, -0.05) is 34.6 Å². The lowest BCUT2D eigenvalue weighted by Crippen LogP contribution is -2.48. The fraction of sp³-hybridized carbons (Fsp3) is 0.929. The van der Waals surface area contributed by atoms with Crippen molar-refractivity contribution >= 4 is 5.91 Å². The molecule has 106 valence electrons. The lowest BCUT2D eigenvalue weighted by molar-refractivity contribution is -0.134. The van der Waals surface area contributed by atoms with E-state index in [0.717, 1.165) is 6.42 Å². The van der Waals surface area contributed by atoms with E-state index >= 15 is 0 Å². The van der Waals surface area contributed by atoms with Crippen molar-refractivity contribution in [2.75, 3.05) is 13.7 Å². The second-order valence-electron chi connectivity index (χ2n) is 5.84. The molecule has 4 nitrogen and oxygen atoms in total. The zero-order valence-corrected chi connectivity index (χ0v) is 12.6. The van der Waals surface area contributed by atoms with Crippen molar-refractivity contribution in [1.82, 2.24) is 10.2 Å². The van der Waals surface area contributed by atoms with Crippen molar-refractivity contribution in [3.05, 3.63) is 0 Å². The Kier molecular flexibility index (Phi) is 5.60. The maximum atomic E-state index is 12.5. The molecule has 1 amide bonds. The normalized spacial score (nSPS) is 26.4. The summed E-state index contributed by atoms with van der Waals surface area (Å²) in [6, 6.07) is 0.120. The number of rotatable bonds is 6. The Morgan fingerprint density at radius 1 is 1.28 bits per heavy atom. The van der Waals surface area contributed by atoms with Crippen LogP contribution in [0.3, 0.4) is 0 Å². The molecular formula is C14H28N2O2. The van der Waals surface area contributed by atoms with Gasteiger partial charge in [0.05, 0.1) is 24.9 Å². The summed E-state index contributed by atoms with van der Waals surface area (Å²) in [5.41, 5.74) is 0. The third-order valence-corrected chi connectivity index (χ3v) is 3.69. The van der Waals surface area contributed by atoms with Gasteiger partial charge in [0.2, 0.25) is 5.91 Å². The molecule has 1 aliphatic heterocycles. The fourth-order valence-electron chi connectivity index (χ4n) is 2.62. The van der Waals surface area contributed by atoms with Crippen molar-refractivity contribution in [3.63, 3.8) is 0 Å². The van der Waals surface area contributed by atoms with Crippen LogP contribution in [0.25, 0.3) is 0 Å². The number of hydrogen-bond donors (Lipinski definition) is 1. The maximum absolute atomic E-state index is 12.5. The Balaban J connectivity index is 2.92. The van der Waals surface area contributed by atoms with Crippen LogP contribution in [0.2, 0.25) is 0 Å². The minimum Gasteiger partial charge on any atom is -0.383 e. The predicted molar refractivity (Wildman–Crippen MR) is 73.2 cm³/mol. The van der Waals surface area contributed by atoms with Gasteiger partial charge in [0.1, 0.15) is 0 Å². The number of amides is 1. The van der Waals surface area contributed by atoms with Gasteiger partial charge in [-0.05, 0) is 18.3 Å². The molecule has 0 aromatic carbocycles. The van der Waals surface area contributed by atoms with E-state index < -0.39 is 0 Å². The van der Waals surface area contributed by atoms with Crippen LogP contribution in [0, 0.1) is 11.8 Å². The second kappa shape index (κ2) is 6.53. The Morgan fingerprint density at radius 3 is 2.28 bits per heavy atom. The van der Waals surface area contributed by atoms with Gasteiger partial charge in [0, 0.05) is 7.11 Å². The predicted octanol–water partition coefficient (Wildman–Crippen LogP) is 1.85. The summed E-state index contributed by atoms with van der Waals surface area (Å²) in [7, 11) is 1.70. The number of carbonyl (C=O) groups excluding carboxylic acids is 1. The number of hydrogen-bond acceptors (Lipinski definition) is 3. The van der Waals surface area contributed by atoms with Gasteiger partial charge < -0.3 is 9.64 Å². The monoisotopic (exact) mass is 256 g/mol. The zero-order valence-electron chi connectivity index (χ0n) is 12.6. The molecule has 0 bridgehead atoms. The van der Waals surface area contributed by atoms with Crippen LogP contribution < -0.4 is 5.32 Å². The van der Waals surface area contributed by atoms with Crippen LogP contribution in [0.1, 0.15) is 41.0 Å². The van der Waals surface area contributed by atoms with Crippen molar-refractivity contribution in [2.45, 2.75) is 59.3 Å². The number of ether oxygens (including phenoxy) is 1. The van der Waals surface area contributed by atoms with Crippen LogP contribution in [0.4, 0.5) is 0 Å². The van der Waals surface area contributed by atoms with Crippen molar-refractivity contribution in [2.24, 2.45) is 11.8 Å². The van der Waals surface area contributed by atoms with Crippen molar-refractivity contribution in [3.8, 4) is 0 Å². The summed E-state index contributed by atoms with van der Waals surface area (Å²) in [5, 5.41) is 3.48. The first kappa shape index (κ1) is 15.4. The number of methoxy groups -OCH3 is 1. The van der Waals surface area contributed by atoms with Crippen molar-refractivity contribution < 1.29 is 9.53 Å². The summed E-state index contributed by atoms with van der Waals surface area (Å²) in [5.74, 6) is 0.958. The quantitative estimate of drug-likeness (QED) is 0.788. The number of nitrogens with one attached hydrogen (secondary N) is 1. The molecule has 1 rings (SSSR count). The highest BCUT2D eigenvalue weighted by molar-refractivity contribution is 5.85. The zero-order chi connectivity index (χ0) is 13.9. The molecule has 0 aromatic heterocycles. The molecule has 1 aliphatic rings. The lowest BCUT2D eigenvalue weighted by atomic mass is 10.0. The molecule has 3 unspecified atom stereocenters. The average Bonchev–Trinajstić information content (AvgIpc) is 2.64. The summed E-state index contributed by atoms with van der Waals surface area (Å²) in [4.78, 5) is 14.6. The number of nitrogens with zero attached hydrogens (tertiary/aromatic N) is 1. The van der Waals surface area contributed by atoms with E-state index in [1.807, 2.05) is 4.90 Å².